The van der Waals surface area contributed by atoms with Gasteiger partial charge in [0.15, 0.2) is 0 Å². The molecule has 4 heteroatoms. The van der Waals surface area contributed by atoms with Crippen molar-refractivity contribution in [3.8, 4) is 5.75 Å². The fourth-order valence-corrected chi connectivity index (χ4v) is 1.82. The Morgan fingerprint density at radius 3 is 2.63 bits per heavy atom. The molecule has 0 saturated heterocycles. The summed E-state index contributed by atoms with van der Waals surface area (Å²) in [6, 6.07) is 10.5. The molecule has 1 aromatic carbocycles. The topological polar surface area (TPSA) is 47.3 Å². The maximum absolute atomic E-state index is 5.65. The van der Waals surface area contributed by atoms with E-state index in [0.717, 1.165) is 23.6 Å². The van der Waals surface area contributed by atoms with Crippen LogP contribution in [0.15, 0.2) is 34.9 Å². The lowest BCUT2D eigenvalue weighted by atomic mass is 10.1. The van der Waals surface area contributed by atoms with Gasteiger partial charge in [-0.25, -0.2) is 0 Å². The third kappa shape index (κ3) is 4.10. The predicted molar refractivity (Wildman–Crippen MR) is 74.2 cm³/mol. The van der Waals surface area contributed by atoms with Crippen molar-refractivity contribution < 1.29 is 9.26 Å². The summed E-state index contributed by atoms with van der Waals surface area (Å²) in [6.45, 7) is 4.47. The molecule has 0 amide bonds. The van der Waals surface area contributed by atoms with Crippen LogP contribution in [-0.2, 0) is 13.0 Å². The van der Waals surface area contributed by atoms with Crippen LogP contribution in [0.3, 0.4) is 0 Å². The maximum atomic E-state index is 5.65. The van der Waals surface area contributed by atoms with E-state index in [1.807, 2.05) is 32.2 Å². The molecule has 1 aromatic heterocycles. The fourth-order valence-electron chi connectivity index (χ4n) is 1.82. The van der Waals surface area contributed by atoms with Crippen LogP contribution in [0.4, 0.5) is 0 Å². The number of likely N-dealkylation sites (N-methyl/N-ethyl adjacent to an activating group) is 1. The van der Waals surface area contributed by atoms with Gasteiger partial charge in [-0.05, 0) is 45.0 Å². The summed E-state index contributed by atoms with van der Waals surface area (Å²) in [5.41, 5.74) is 2.11. The second-order valence-electron chi connectivity index (χ2n) is 4.76. The highest BCUT2D eigenvalue weighted by atomic mass is 16.5. The van der Waals surface area contributed by atoms with E-state index < -0.39 is 0 Å². The first-order valence-corrected chi connectivity index (χ1v) is 6.48. The van der Waals surface area contributed by atoms with Crippen molar-refractivity contribution in [3.05, 3.63) is 47.3 Å². The predicted octanol–water partition coefficient (Wildman–Crippen LogP) is 2.71. The van der Waals surface area contributed by atoms with Crippen LogP contribution < -0.4 is 10.1 Å². The highest BCUT2D eigenvalue weighted by molar-refractivity contribution is 5.28. The van der Waals surface area contributed by atoms with Crippen molar-refractivity contribution in [2.75, 3.05) is 7.05 Å². The van der Waals surface area contributed by atoms with Crippen LogP contribution in [0.2, 0.25) is 0 Å². The standard InChI is InChI=1S/C15H20N2O2/c1-11(16-3)8-13-4-6-15(7-5-13)18-10-14-9-12(2)19-17-14/h4-7,9,11,16H,8,10H2,1-3H3. The number of aryl methyl sites for hydroxylation is 1. The molecule has 1 atom stereocenters. The third-order valence-electron chi connectivity index (χ3n) is 3.02. The van der Waals surface area contributed by atoms with Crippen LogP contribution in [0.25, 0.3) is 0 Å². The minimum Gasteiger partial charge on any atom is -0.487 e. The van der Waals surface area contributed by atoms with Crippen molar-refractivity contribution in [2.45, 2.75) is 32.9 Å². The Kier molecular flexibility index (Phi) is 4.58. The van der Waals surface area contributed by atoms with Crippen LogP contribution in [-0.4, -0.2) is 18.2 Å². The van der Waals surface area contributed by atoms with Crippen LogP contribution in [0, 0.1) is 6.92 Å². The summed E-state index contributed by atoms with van der Waals surface area (Å²) in [6.07, 6.45) is 1.01. The average Bonchev–Trinajstić information content (AvgIpc) is 2.83. The highest BCUT2D eigenvalue weighted by Gasteiger charge is 2.03. The van der Waals surface area contributed by atoms with Gasteiger partial charge in [-0.1, -0.05) is 17.3 Å². The summed E-state index contributed by atoms with van der Waals surface area (Å²) >= 11 is 0. The van der Waals surface area contributed by atoms with E-state index in [2.05, 4.69) is 29.5 Å². The molecule has 0 fully saturated rings. The smallest absolute Gasteiger partial charge is 0.134 e. The third-order valence-corrected chi connectivity index (χ3v) is 3.02. The van der Waals surface area contributed by atoms with Crippen molar-refractivity contribution in [2.24, 2.45) is 0 Å². The van der Waals surface area contributed by atoms with Gasteiger partial charge in [0.1, 0.15) is 23.8 Å². The van der Waals surface area contributed by atoms with Gasteiger partial charge in [-0.2, -0.15) is 0 Å². The fraction of sp³-hybridized carbons (Fsp3) is 0.400. The molecular formula is C15H20N2O2. The largest absolute Gasteiger partial charge is 0.487 e. The van der Waals surface area contributed by atoms with Gasteiger partial charge in [0.2, 0.25) is 0 Å². The lowest BCUT2D eigenvalue weighted by molar-refractivity contribution is 0.288. The summed E-state index contributed by atoms with van der Waals surface area (Å²) in [7, 11) is 1.97. The van der Waals surface area contributed by atoms with Crippen molar-refractivity contribution >= 4 is 0 Å². The Morgan fingerprint density at radius 1 is 1.32 bits per heavy atom. The maximum Gasteiger partial charge on any atom is 0.134 e. The molecule has 0 spiro atoms. The number of hydrogen-bond acceptors (Lipinski definition) is 4. The van der Waals surface area contributed by atoms with E-state index in [0.29, 0.717) is 12.6 Å². The van der Waals surface area contributed by atoms with E-state index in [1.165, 1.54) is 5.56 Å². The Hall–Kier alpha value is -1.81. The highest BCUT2D eigenvalue weighted by Crippen LogP contribution is 2.15. The second-order valence-corrected chi connectivity index (χ2v) is 4.76. The van der Waals surface area contributed by atoms with Crippen molar-refractivity contribution in [3.63, 3.8) is 0 Å². The average molecular weight is 260 g/mol. The lowest BCUT2D eigenvalue weighted by Crippen LogP contribution is -2.23. The Morgan fingerprint density at radius 2 is 2.05 bits per heavy atom. The Labute approximate surface area is 113 Å². The molecule has 0 aliphatic heterocycles. The number of hydrogen-bond donors (Lipinski definition) is 1. The zero-order valence-electron chi connectivity index (χ0n) is 11.6. The summed E-state index contributed by atoms with van der Waals surface area (Å²) in [5.74, 6) is 1.65. The van der Waals surface area contributed by atoms with Gasteiger partial charge in [-0.15, -0.1) is 0 Å². The lowest BCUT2D eigenvalue weighted by Gasteiger charge is -2.10. The first-order chi connectivity index (χ1) is 9.17. The monoisotopic (exact) mass is 260 g/mol. The van der Waals surface area contributed by atoms with Crippen LogP contribution in [0.5, 0.6) is 5.75 Å². The first kappa shape index (κ1) is 13.6. The van der Waals surface area contributed by atoms with Crippen LogP contribution >= 0.6 is 0 Å². The minimum absolute atomic E-state index is 0.434. The molecule has 0 aliphatic rings. The molecule has 2 rings (SSSR count). The quantitative estimate of drug-likeness (QED) is 0.867. The van der Waals surface area contributed by atoms with Gasteiger partial charge in [-0.3, -0.25) is 0 Å². The van der Waals surface area contributed by atoms with E-state index in [4.69, 9.17) is 9.26 Å². The zero-order valence-corrected chi connectivity index (χ0v) is 11.6. The molecule has 1 N–H and O–H groups in total. The molecule has 19 heavy (non-hydrogen) atoms. The number of aromatic nitrogens is 1. The first-order valence-electron chi connectivity index (χ1n) is 6.48. The van der Waals surface area contributed by atoms with Crippen LogP contribution in [0.1, 0.15) is 23.9 Å². The molecule has 102 valence electrons. The van der Waals surface area contributed by atoms with E-state index in [9.17, 15) is 0 Å². The van der Waals surface area contributed by atoms with Gasteiger partial charge < -0.3 is 14.6 Å². The minimum atomic E-state index is 0.434. The normalized spacial score (nSPS) is 12.4. The Balaban J connectivity index is 1.88. The molecule has 0 saturated carbocycles. The van der Waals surface area contributed by atoms with E-state index >= 15 is 0 Å². The number of nitrogens with zero attached hydrogens (tertiary/aromatic N) is 1. The SMILES string of the molecule is CNC(C)Cc1ccc(OCc2cc(C)on2)cc1. The van der Waals surface area contributed by atoms with Gasteiger partial charge in [0.05, 0.1) is 0 Å². The summed E-state index contributed by atoms with van der Waals surface area (Å²) in [4.78, 5) is 0. The second kappa shape index (κ2) is 6.38. The molecule has 0 aliphatic carbocycles. The molecule has 1 heterocycles. The van der Waals surface area contributed by atoms with Gasteiger partial charge in [0, 0.05) is 12.1 Å². The Bertz CT molecular complexity index is 505. The van der Waals surface area contributed by atoms with Gasteiger partial charge >= 0.3 is 0 Å². The number of ether oxygens (including phenoxy) is 1. The summed E-state index contributed by atoms with van der Waals surface area (Å²) in [5, 5.41) is 7.12. The molecule has 4 nitrogen and oxygen atoms in total. The molecule has 0 radical (unpaired) electrons. The molecule has 1 unspecified atom stereocenters. The van der Waals surface area contributed by atoms with Crippen molar-refractivity contribution in [1.29, 1.82) is 0 Å². The number of rotatable bonds is 6. The summed E-state index contributed by atoms with van der Waals surface area (Å²) < 4.78 is 10.6. The number of nitrogens with one attached hydrogen (secondary N) is 1. The molecule has 2 aromatic rings. The zero-order chi connectivity index (χ0) is 13.7. The number of benzene rings is 1. The van der Waals surface area contributed by atoms with Crippen molar-refractivity contribution in [1.82, 2.24) is 10.5 Å². The molecular weight excluding hydrogens is 240 g/mol. The van der Waals surface area contributed by atoms with E-state index in [-0.39, 0.29) is 0 Å². The molecule has 0 bridgehead atoms. The van der Waals surface area contributed by atoms with Gasteiger partial charge in [0.25, 0.3) is 0 Å². The van der Waals surface area contributed by atoms with E-state index in [1.54, 1.807) is 0 Å².